The Kier molecular flexibility index (Phi) is 6.18. The maximum absolute atomic E-state index is 6.40. The SMILES string of the molecule is c1ccc(-c2ccccc2N(c2ccc(-c3cccc4c3oc3ccccc34)cc2)c2ccc3oc4ccc5ccccc5c4c3c2)cc1. The lowest BCUT2D eigenvalue weighted by Crippen LogP contribution is -2.11. The molecule has 0 saturated heterocycles. The van der Waals surface area contributed by atoms with E-state index in [-0.39, 0.29) is 0 Å². The minimum Gasteiger partial charge on any atom is -0.456 e. The van der Waals surface area contributed by atoms with Crippen molar-refractivity contribution in [1.29, 1.82) is 0 Å². The highest BCUT2D eigenvalue weighted by Crippen LogP contribution is 2.44. The molecule has 3 heteroatoms. The lowest BCUT2D eigenvalue weighted by molar-refractivity contribution is 0.669. The quantitative estimate of drug-likeness (QED) is 0.190. The van der Waals surface area contributed by atoms with Gasteiger partial charge in [0.1, 0.15) is 22.3 Å². The lowest BCUT2D eigenvalue weighted by atomic mass is 9.99. The summed E-state index contributed by atoms with van der Waals surface area (Å²) in [5, 5.41) is 6.89. The zero-order valence-corrected chi connectivity index (χ0v) is 26.5. The summed E-state index contributed by atoms with van der Waals surface area (Å²) in [6.45, 7) is 0. The maximum atomic E-state index is 6.40. The Morgan fingerprint density at radius 3 is 1.92 bits per heavy atom. The molecule has 0 N–H and O–H groups in total. The fraction of sp³-hybridized carbons (Fsp3) is 0. The van der Waals surface area contributed by atoms with Gasteiger partial charge in [0.15, 0.2) is 0 Å². The van der Waals surface area contributed by atoms with Crippen LogP contribution in [0.4, 0.5) is 17.1 Å². The molecule has 3 nitrogen and oxygen atoms in total. The minimum atomic E-state index is 0.876. The number of furan rings is 2. The topological polar surface area (TPSA) is 29.5 Å². The largest absolute Gasteiger partial charge is 0.456 e. The van der Waals surface area contributed by atoms with Crippen LogP contribution >= 0.6 is 0 Å². The van der Waals surface area contributed by atoms with Crippen LogP contribution in [0.15, 0.2) is 185 Å². The summed E-state index contributed by atoms with van der Waals surface area (Å²) in [7, 11) is 0. The third-order valence-electron chi connectivity index (χ3n) is 9.67. The van der Waals surface area contributed by atoms with Crippen LogP contribution in [0.1, 0.15) is 0 Å². The van der Waals surface area contributed by atoms with Crippen molar-refractivity contribution in [1.82, 2.24) is 0 Å². The van der Waals surface area contributed by atoms with Crippen molar-refractivity contribution in [3.63, 3.8) is 0 Å². The number of benzene rings is 8. The number of hydrogen-bond acceptors (Lipinski definition) is 3. The minimum absolute atomic E-state index is 0.876. The van der Waals surface area contributed by atoms with E-state index in [0.29, 0.717) is 0 Å². The van der Waals surface area contributed by atoms with Crippen molar-refractivity contribution in [3.05, 3.63) is 176 Å². The summed E-state index contributed by atoms with van der Waals surface area (Å²) in [6.07, 6.45) is 0. The van der Waals surface area contributed by atoms with Crippen LogP contribution in [0.2, 0.25) is 0 Å². The standard InChI is InChI=1S/C46H29NO2/c1-2-11-30(12-3-1)35-14-6-8-19-41(35)47(34-26-28-43-40(29-34)45-36-15-5-4-13-31(36)23-27-44(45)48-43)33-24-21-32(22-25-33)37-17-10-18-39-38-16-7-9-20-42(38)49-46(37)39/h1-29H. The van der Waals surface area contributed by atoms with Crippen molar-refractivity contribution >= 4 is 71.7 Å². The van der Waals surface area contributed by atoms with Crippen LogP contribution in [0.3, 0.4) is 0 Å². The summed E-state index contributed by atoms with van der Waals surface area (Å²) >= 11 is 0. The Bertz CT molecular complexity index is 2830. The molecule has 10 rings (SSSR count). The predicted octanol–water partition coefficient (Wildman–Crippen LogP) is 13.4. The molecule has 2 heterocycles. The Morgan fingerprint density at radius 1 is 0.367 bits per heavy atom. The highest BCUT2D eigenvalue weighted by molar-refractivity contribution is 6.19. The molecule has 0 atom stereocenters. The van der Waals surface area contributed by atoms with Gasteiger partial charge in [0.2, 0.25) is 0 Å². The van der Waals surface area contributed by atoms with Crippen molar-refractivity contribution in [2.75, 3.05) is 4.90 Å². The monoisotopic (exact) mass is 627 g/mol. The molecule has 49 heavy (non-hydrogen) atoms. The van der Waals surface area contributed by atoms with Gasteiger partial charge in [-0.1, -0.05) is 127 Å². The second-order valence-corrected chi connectivity index (χ2v) is 12.5. The van der Waals surface area contributed by atoms with Gasteiger partial charge in [-0.25, -0.2) is 0 Å². The second-order valence-electron chi connectivity index (χ2n) is 12.5. The molecule has 10 aromatic rings. The molecule has 0 aliphatic rings. The highest BCUT2D eigenvalue weighted by Gasteiger charge is 2.20. The van der Waals surface area contributed by atoms with Crippen LogP contribution in [0.25, 0.3) is 76.9 Å². The zero-order valence-electron chi connectivity index (χ0n) is 26.5. The Morgan fingerprint density at radius 2 is 1.02 bits per heavy atom. The number of para-hydroxylation sites is 3. The molecule has 0 bridgehead atoms. The van der Waals surface area contributed by atoms with E-state index in [2.05, 4.69) is 169 Å². The van der Waals surface area contributed by atoms with Crippen LogP contribution in [-0.4, -0.2) is 0 Å². The number of anilines is 3. The average molecular weight is 628 g/mol. The van der Waals surface area contributed by atoms with E-state index in [4.69, 9.17) is 8.83 Å². The van der Waals surface area contributed by atoms with Gasteiger partial charge >= 0.3 is 0 Å². The summed E-state index contributed by atoms with van der Waals surface area (Å²) < 4.78 is 12.8. The third-order valence-corrected chi connectivity index (χ3v) is 9.67. The van der Waals surface area contributed by atoms with Gasteiger partial charge in [0.05, 0.1) is 5.69 Å². The summed E-state index contributed by atoms with van der Waals surface area (Å²) in [4.78, 5) is 2.36. The number of rotatable bonds is 5. The molecule has 0 saturated carbocycles. The van der Waals surface area contributed by atoms with Gasteiger partial charge in [-0.3, -0.25) is 0 Å². The first-order valence-corrected chi connectivity index (χ1v) is 16.6. The van der Waals surface area contributed by atoms with Gasteiger partial charge in [-0.2, -0.15) is 0 Å². The van der Waals surface area contributed by atoms with E-state index in [1.54, 1.807) is 0 Å². The molecule has 0 unspecified atom stereocenters. The van der Waals surface area contributed by atoms with Crippen LogP contribution in [0, 0.1) is 0 Å². The molecule has 0 spiro atoms. The van der Waals surface area contributed by atoms with Gasteiger partial charge in [-0.05, 0) is 70.4 Å². The molecule has 0 aliphatic carbocycles. The van der Waals surface area contributed by atoms with Crippen molar-refractivity contribution in [2.45, 2.75) is 0 Å². The first-order chi connectivity index (χ1) is 24.3. The van der Waals surface area contributed by atoms with Crippen LogP contribution in [0.5, 0.6) is 0 Å². The molecule has 0 fully saturated rings. The number of nitrogens with zero attached hydrogens (tertiary/aromatic N) is 1. The number of hydrogen-bond donors (Lipinski definition) is 0. The van der Waals surface area contributed by atoms with E-state index >= 15 is 0 Å². The molecule has 230 valence electrons. The summed E-state index contributed by atoms with van der Waals surface area (Å²) in [5.74, 6) is 0. The normalized spacial score (nSPS) is 11.7. The third kappa shape index (κ3) is 4.44. The molecule has 8 aromatic carbocycles. The van der Waals surface area contributed by atoms with Crippen molar-refractivity contribution in [2.24, 2.45) is 0 Å². The fourth-order valence-corrected chi connectivity index (χ4v) is 7.40. The summed E-state index contributed by atoms with van der Waals surface area (Å²) in [5.41, 5.74) is 11.3. The Balaban J connectivity index is 1.17. The molecule has 2 aromatic heterocycles. The first kappa shape index (κ1) is 27.5. The van der Waals surface area contributed by atoms with E-state index < -0.39 is 0 Å². The molecular formula is C46H29NO2. The first-order valence-electron chi connectivity index (χ1n) is 16.6. The Labute approximate surface area is 282 Å². The van der Waals surface area contributed by atoms with E-state index in [1.165, 1.54) is 10.8 Å². The second kappa shape index (κ2) is 11.0. The van der Waals surface area contributed by atoms with Crippen LogP contribution < -0.4 is 4.90 Å². The van der Waals surface area contributed by atoms with Gasteiger partial charge < -0.3 is 13.7 Å². The smallest absolute Gasteiger partial charge is 0.143 e. The molecule has 0 radical (unpaired) electrons. The van der Waals surface area contributed by atoms with Gasteiger partial charge in [-0.15, -0.1) is 0 Å². The lowest BCUT2D eigenvalue weighted by Gasteiger charge is -2.28. The zero-order chi connectivity index (χ0) is 32.3. The van der Waals surface area contributed by atoms with Gasteiger partial charge in [0, 0.05) is 44.0 Å². The van der Waals surface area contributed by atoms with Crippen molar-refractivity contribution in [3.8, 4) is 22.3 Å². The number of fused-ring (bicyclic) bond motifs is 8. The van der Waals surface area contributed by atoms with Crippen molar-refractivity contribution < 1.29 is 8.83 Å². The maximum Gasteiger partial charge on any atom is 0.143 e. The Hall–Kier alpha value is -6.58. The van der Waals surface area contributed by atoms with Gasteiger partial charge in [0.25, 0.3) is 0 Å². The average Bonchev–Trinajstić information content (AvgIpc) is 3.74. The van der Waals surface area contributed by atoms with E-state index in [1.807, 2.05) is 12.1 Å². The highest BCUT2D eigenvalue weighted by atomic mass is 16.3. The molecule has 0 amide bonds. The fourth-order valence-electron chi connectivity index (χ4n) is 7.40. The summed E-state index contributed by atoms with van der Waals surface area (Å²) in [6, 6.07) is 62.0. The van der Waals surface area contributed by atoms with Crippen LogP contribution in [-0.2, 0) is 0 Å². The predicted molar refractivity (Wildman–Crippen MR) is 204 cm³/mol. The van der Waals surface area contributed by atoms with E-state index in [9.17, 15) is 0 Å². The van der Waals surface area contributed by atoms with E-state index in [0.717, 1.165) is 83.2 Å². The molecular weight excluding hydrogens is 599 g/mol. The molecule has 0 aliphatic heterocycles.